The summed E-state index contributed by atoms with van der Waals surface area (Å²) >= 11 is 0. The van der Waals surface area contributed by atoms with Gasteiger partial charge in [0.25, 0.3) is 0 Å². The first-order valence-corrected chi connectivity index (χ1v) is 7.99. The number of aromatic hydroxyl groups is 1. The van der Waals surface area contributed by atoms with E-state index in [4.69, 9.17) is 10.5 Å². The summed E-state index contributed by atoms with van der Waals surface area (Å²) in [4.78, 5) is 0. The van der Waals surface area contributed by atoms with E-state index in [-0.39, 0.29) is 5.75 Å². The molecule has 0 amide bonds. The van der Waals surface area contributed by atoms with Crippen molar-refractivity contribution in [3.63, 3.8) is 0 Å². The molecule has 0 spiro atoms. The maximum Gasteiger partial charge on any atom is 0.153 e. The van der Waals surface area contributed by atoms with E-state index in [0.29, 0.717) is 28.2 Å². The van der Waals surface area contributed by atoms with Crippen LogP contribution in [0.3, 0.4) is 0 Å². The number of aryl methyl sites for hydroxylation is 3. The van der Waals surface area contributed by atoms with E-state index in [1.54, 1.807) is 7.11 Å². The van der Waals surface area contributed by atoms with Crippen LogP contribution >= 0.6 is 0 Å². The molecule has 0 heterocycles. The highest BCUT2D eigenvalue weighted by Crippen LogP contribution is 2.42. The highest BCUT2D eigenvalue weighted by Gasteiger charge is 2.13. The van der Waals surface area contributed by atoms with Crippen molar-refractivity contribution in [2.24, 2.45) is 10.2 Å². The first-order valence-electron chi connectivity index (χ1n) is 7.99. The first-order chi connectivity index (χ1) is 11.9. The molecule has 0 aromatic heterocycles. The van der Waals surface area contributed by atoms with Crippen LogP contribution in [0.5, 0.6) is 11.5 Å². The van der Waals surface area contributed by atoms with Gasteiger partial charge in [-0.15, -0.1) is 10.2 Å². The van der Waals surface area contributed by atoms with Gasteiger partial charge in [-0.3, -0.25) is 0 Å². The van der Waals surface area contributed by atoms with Crippen LogP contribution in [0.15, 0.2) is 46.6 Å². The van der Waals surface area contributed by atoms with Gasteiger partial charge >= 0.3 is 0 Å². The fraction of sp³-hybridized carbons (Fsp3) is 0.200. The number of hydrogen-bond donors (Lipinski definition) is 2. The molecule has 0 radical (unpaired) electrons. The smallest absolute Gasteiger partial charge is 0.153 e. The summed E-state index contributed by atoms with van der Waals surface area (Å²) in [6.07, 6.45) is 0. The Morgan fingerprint density at radius 1 is 0.960 bits per heavy atom. The van der Waals surface area contributed by atoms with E-state index in [1.165, 1.54) is 0 Å². The van der Waals surface area contributed by atoms with E-state index >= 15 is 0 Å². The summed E-state index contributed by atoms with van der Waals surface area (Å²) in [7, 11) is 1.59. The molecular weight excluding hydrogens is 314 g/mol. The van der Waals surface area contributed by atoms with E-state index in [0.717, 1.165) is 22.1 Å². The van der Waals surface area contributed by atoms with Crippen LogP contribution in [-0.2, 0) is 0 Å². The quantitative estimate of drug-likeness (QED) is 0.491. The van der Waals surface area contributed by atoms with Gasteiger partial charge in [0.2, 0.25) is 0 Å². The van der Waals surface area contributed by atoms with Crippen molar-refractivity contribution in [2.45, 2.75) is 20.8 Å². The van der Waals surface area contributed by atoms with Crippen LogP contribution in [0.1, 0.15) is 16.7 Å². The molecule has 3 aromatic carbocycles. The van der Waals surface area contributed by atoms with Crippen molar-refractivity contribution in [1.82, 2.24) is 0 Å². The average Bonchev–Trinajstić information content (AvgIpc) is 2.53. The van der Waals surface area contributed by atoms with Crippen LogP contribution in [0, 0.1) is 20.8 Å². The van der Waals surface area contributed by atoms with Crippen LogP contribution in [0.4, 0.5) is 17.1 Å². The fourth-order valence-corrected chi connectivity index (χ4v) is 2.95. The summed E-state index contributed by atoms with van der Waals surface area (Å²) < 4.78 is 5.32. The molecule has 3 aromatic rings. The molecule has 5 nitrogen and oxygen atoms in total. The molecule has 25 heavy (non-hydrogen) atoms. The molecule has 3 rings (SSSR count). The van der Waals surface area contributed by atoms with Crippen molar-refractivity contribution >= 4 is 27.8 Å². The lowest BCUT2D eigenvalue weighted by atomic mass is 10.0. The molecule has 0 saturated heterocycles. The fourth-order valence-electron chi connectivity index (χ4n) is 2.95. The third-order valence-electron chi connectivity index (χ3n) is 4.14. The molecule has 128 valence electrons. The normalized spacial score (nSPS) is 11.4. The molecule has 0 unspecified atom stereocenters. The number of phenolic OH excluding ortho intramolecular Hbond substituents is 1. The Labute approximate surface area is 146 Å². The van der Waals surface area contributed by atoms with E-state index in [1.807, 2.05) is 57.2 Å². The Morgan fingerprint density at radius 2 is 1.72 bits per heavy atom. The number of azo groups is 1. The van der Waals surface area contributed by atoms with Gasteiger partial charge in [-0.05, 0) is 67.1 Å². The predicted molar refractivity (Wildman–Crippen MR) is 101 cm³/mol. The number of rotatable bonds is 3. The molecule has 0 saturated carbocycles. The summed E-state index contributed by atoms with van der Waals surface area (Å²) in [6, 6.07) is 11.5. The molecule has 0 aliphatic carbocycles. The molecule has 5 heteroatoms. The zero-order chi connectivity index (χ0) is 18.1. The van der Waals surface area contributed by atoms with Gasteiger partial charge in [-0.25, -0.2) is 0 Å². The highest BCUT2D eigenvalue weighted by molar-refractivity contribution is 6.02. The summed E-state index contributed by atoms with van der Waals surface area (Å²) in [5.74, 6) is 0.672. The number of anilines is 1. The molecule has 0 aliphatic heterocycles. The topological polar surface area (TPSA) is 80.2 Å². The zero-order valence-corrected chi connectivity index (χ0v) is 14.8. The third-order valence-corrected chi connectivity index (χ3v) is 4.14. The highest BCUT2D eigenvalue weighted by atomic mass is 16.5. The Hall–Kier alpha value is -3.08. The van der Waals surface area contributed by atoms with Crippen LogP contribution < -0.4 is 10.5 Å². The minimum absolute atomic E-state index is 0.0443. The van der Waals surface area contributed by atoms with Crippen molar-refractivity contribution in [3.8, 4) is 11.5 Å². The molecule has 0 aliphatic rings. The summed E-state index contributed by atoms with van der Waals surface area (Å²) in [5.41, 5.74) is 10.6. The number of fused-ring (bicyclic) bond motifs is 1. The van der Waals surface area contributed by atoms with Crippen LogP contribution in [0.25, 0.3) is 10.8 Å². The number of nitrogens with two attached hydrogens (primary N) is 1. The minimum atomic E-state index is 0.0443. The minimum Gasteiger partial charge on any atom is -0.505 e. The Bertz CT molecular complexity index is 994. The predicted octanol–water partition coefficient (Wildman–Crippen LogP) is 5.48. The van der Waals surface area contributed by atoms with Gasteiger partial charge < -0.3 is 15.6 Å². The lowest BCUT2D eigenvalue weighted by Gasteiger charge is -2.11. The number of phenols is 1. The lowest BCUT2D eigenvalue weighted by Crippen LogP contribution is -1.90. The average molecular weight is 335 g/mol. The number of methoxy groups -OCH3 is 1. The molecule has 3 N–H and O–H groups in total. The van der Waals surface area contributed by atoms with Crippen molar-refractivity contribution in [3.05, 3.63) is 53.1 Å². The Balaban J connectivity index is 2.15. The second-order valence-electron chi connectivity index (χ2n) is 6.22. The standard InChI is InChI=1S/C20H21N3O2/c1-11-5-6-17(25-4)16(9-11)22-23-19-13(3)10-14-7-12(2)8-15(21)18(14)20(19)24/h5-10,24H,21H2,1-4H3. The summed E-state index contributed by atoms with van der Waals surface area (Å²) in [6.45, 7) is 5.83. The summed E-state index contributed by atoms with van der Waals surface area (Å²) in [5, 5.41) is 20.7. The van der Waals surface area contributed by atoms with Crippen molar-refractivity contribution < 1.29 is 9.84 Å². The second-order valence-corrected chi connectivity index (χ2v) is 6.22. The number of hydrogen-bond acceptors (Lipinski definition) is 5. The van der Waals surface area contributed by atoms with Gasteiger partial charge in [0.1, 0.15) is 17.1 Å². The number of nitrogen functional groups attached to an aromatic ring is 1. The van der Waals surface area contributed by atoms with E-state index < -0.39 is 0 Å². The molecular formula is C20H21N3O2. The molecule has 0 atom stereocenters. The van der Waals surface area contributed by atoms with E-state index in [9.17, 15) is 5.11 Å². The number of ether oxygens (including phenoxy) is 1. The SMILES string of the molecule is COc1ccc(C)cc1N=Nc1c(C)cc2cc(C)cc(N)c2c1O. The van der Waals surface area contributed by atoms with Crippen molar-refractivity contribution in [2.75, 3.05) is 12.8 Å². The maximum atomic E-state index is 10.7. The van der Waals surface area contributed by atoms with Gasteiger partial charge in [0.05, 0.1) is 7.11 Å². The Kier molecular flexibility index (Phi) is 4.31. The third kappa shape index (κ3) is 3.13. The lowest BCUT2D eigenvalue weighted by molar-refractivity contribution is 0.415. The number of nitrogens with zero attached hydrogens (tertiary/aromatic N) is 2. The molecule has 0 bridgehead atoms. The van der Waals surface area contributed by atoms with Crippen LogP contribution in [0.2, 0.25) is 0 Å². The maximum absolute atomic E-state index is 10.7. The van der Waals surface area contributed by atoms with Crippen molar-refractivity contribution in [1.29, 1.82) is 0 Å². The van der Waals surface area contributed by atoms with Gasteiger partial charge in [0.15, 0.2) is 5.75 Å². The number of benzene rings is 3. The molecule has 0 fully saturated rings. The Morgan fingerprint density at radius 3 is 2.44 bits per heavy atom. The van der Waals surface area contributed by atoms with Gasteiger partial charge in [-0.2, -0.15) is 0 Å². The van der Waals surface area contributed by atoms with E-state index in [2.05, 4.69) is 10.2 Å². The first kappa shape index (κ1) is 16.8. The largest absolute Gasteiger partial charge is 0.505 e. The van der Waals surface area contributed by atoms with Gasteiger partial charge in [-0.1, -0.05) is 12.1 Å². The monoisotopic (exact) mass is 335 g/mol. The van der Waals surface area contributed by atoms with Crippen LogP contribution in [-0.4, -0.2) is 12.2 Å². The van der Waals surface area contributed by atoms with Gasteiger partial charge in [0, 0.05) is 11.1 Å². The zero-order valence-electron chi connectivity index (χ0n) is 14.8. The second kappa shape index (κ2) is 6.43.